The Hall–Kier alpha value is 2.78. The molecule has 0 aliphatic carbocycles. The molecule has 0 amide bonds. The maximum atomic E-state index is 4.93. The zero-order valence-corrected chi connectivity index (χ0v) is 11.9. The Morgan fingerprint density at radius 3 is 1.12 bits per heavy atom. The normalized spacial score (nSPS) is 4.50. The van der Waals surface area contributed by atoms with E-state index in [0.717, 1.165) is 0 Å². The summed E-state index contributed by atoms with van der Waals surface area (Å²) in [5, 5.41) is 0. The van der Waals surface area contributed by atoms with Gasteiger partial charge in [0.1, 0.15) is 0 Å². The van der Waals surface area contributed by atoms with Gasteiger partial charge in [-0.05, 0) is 0 Å². The van der Waals surface area contributed by atoms with Crippen molar-refractivity contribution in [3.05, 3.63) is 0 Å². The van der Waals surface area contributed by atoms with Gasteiger partial charge in [0, 0.05) is 115 Å². The molecule has 0 rings (SSSR count). The van der Waals surface area contributed by atoms with Crippen LogP contribution in [0.3, 0.4) is 0 Å². The Kier molecular flexibility index (Phi) is 34.9. The molecular weight excluding hydrogens is 343 g/mol. The van der Waals surface area contributed by atoms with Crippen LogP contribution in [0, 0.1) is 71.2 Å². The molecule has 0 saturated heterocycles. The summed E-state index contributed by atoms with van der Waals surface area (Å²) < 4.78 is 0. The molecule has 0 aromatic heterocycles. The molecule has 10 radical (unpaired) electrons. The second-order valence-electron chi connectivity index (χ2n) is 0.770. The zero-order chi connectivity index (χ0) is 4.83. The van der Waals surface area contributed by atoms with Gasteiger partial charge in [0.25, 0.3) is 0 Å². The van der Waals surface area contributed by atoms with Crippen LogP contribution in [0.4, 0.5) is 0 Å². The van der Waals surface area contributed by atoms with E-state index in [9.17, 15) is 0 Å². The van der Waals surface area contributed by atoms with Crippen LogP contribution in [0.15, 0.2) is 0 Å². The van der Waals surface area contributed by atoms with Crippen LogP contribution >= 0.6 is 0 Å². The molecule has 0 bridgehead atoms. The molecule has 8 heteroatoms. The quantitative estimate of drug-likeness (QED) is 0.400. The van der Waals surface area contributed by atoms with Crippen molar-refractivity contribution < 1.29 is 71.2 Å². The predicted molar refractivity (Wildman–Crippen MR) is 34.5 cm³/mol. The summed E-state index contributed by atoms with van der Waals surface area (Å²) in [6.45, 7) is 0. The van der Waals surface area contributed by atoms with Gasteiger partial charge in [0.05, 0.1) is 0 Å². The van der Waals surface area contributed by atoms with Gasteiger partial charge in [-0.1, -0.05) is 0 Å². The molecule has 0 aromatic carbocycles. The van der Waals surface area contributed by atoms with E-state index in [1.54, 1.807) is 14.1 Å². The van der Waals surface area contributed by atoms with Gasteiger partial charge in [-0.15, -0.1) is 0 Å². The Morgan fingerprint density at radius 2 is 1.00 bits per heavy atom. The van der Waals surface area contributed by atoms with Crippen LogP contribution in [0.5, 0.6) is 0 Å². The number of rotatable bonds is 3. The fourth-order valence-corrected chi connectivity index (χ4v) is 0.128. The maximum Gasteiger partial charge on any atom is 0 e. The topological polar surface area (TPSA) is 0 Å². The van der Waals surface area contributed by atoms with Crippen molar-refractivity contribution >= 4 is 43.7 Å². The van der Waals surface area contributed by atoms with Gasteiger partial charge < -0.3 is 0 Å². The van der Waals surface area contributed by atoms with Gasteiger partial charge in [-0.25, -0.2) is 0 Å². The molecule has 0 spiro atoms. The molecule has 0 saturated carbocycles. The van der Waals surface area contributed by atoms with E-state index in [4.69, 9.17) is 15.5 Å². The van der Waals surface area contributed by atoms with Crippen LogP contribution in [0.2, 0.25) is 0 Å². The largest absolute Gasteiger partial charge is 0 e. The molecule has 8 heavy (non-hydrogen) atoms. The molecule has 0 fully saturated rings. The third-order valence-corrected chi connectivity index (χ3v) is 0.333. The van der Waals surface area contributed by atoms with E-state index in [0.29, 0.717) is 0 Å². The van der Waals surface area contributed by atoms with Gasteiger partial charge in [0.2, 0.25) is 0 Å². The van der Waals surface area contributed by atoms with Gasteiger partial charge >= 0.3 is 0 Å². The van der Waals surface area contributed by atoms with Crippen molar-refractivity contribution in [2.45, 2.75) is 0 Å². The number of hydrogen-bond donors (Lipinski definition) is 0. The van der Waals surface area contributed by atoms with Gasteiger partial charge in [0.15, 0.2) is 0 Å². The third-order valence-electron chi connectivity index (χ3n) is 0.333. The molecule has 0 nitrogen and oxygen atoms in total. The summed E-state index contributed by atoms with van der Waals surface area (Å²) in [7, 11) is 16.0. The van der Waals surface area contributed by atoms with Gasteiger partial charge in [-0.2, -0.15) is 0 Å². The first-order valence-corrected chi connectivity index (χ1v) is 1.67. The molecule has 0 aliphatic rings. The van der Waals surface area contributed by atoms with Crippen molar-refractivity contribution in [2.24, 2.45) is 0 Å². The molecule has 0 atom stereocenters. The average molecular weight is 343 g/mol. The second kappa shape index (κ2) is 16.4. The molecule has 0 heterocycles. The van der Waals surface area contributed by atoms with E-state index in [1.165, 1.54) is 14.1 Å². The summed E-state index contributed by atoms with van der Waals surface area (Å²) in [6.07, 6.45) is 0. The van der Waals surface area contributed by atoms with E-state index in [2.05, 4.69) is 0 Å². The standard InChI is InChI=1S/B6.2La/c1-3-5-6-4-2;;. The second-order valence-corrected chi connectivity index (χ2v) is 0.770. The smallest absolute Gasteiger partial charge is 0 e. The Labute approximate surface area is 113 Å². The van der Waals surface area contributed by atoms with Gasteiger partial charge in [-0.3, -0.25) is 0 Å². The summed E-state index contributed by atoms with van der Waals surface area (Å²) in [4.78, 5) is 0. The minimum Gasteiger partial charge on any atom is 0 e. The minimum absolute atomic E-state index is 0. The summed E-state index contributed by atoms with van der Waals surface area (Å²) >= 11 is 0. The molecule has 0 aliphatic heterocycles. The molecular formula is B6La2. The van der Waals surface area contributed by atoms with Crippen LogP contribution in [0.25, 0.3) is 0 Å². The fraction of sp³-hybridized carbons (Fsp3) is 0. The maximum absolute atomic E-state index is 4.93. The van der Waals surface area contributed by atoms with Crippen LogP contribution in [0.1, 0.15) is 0 Å². The Bertz CT molecular complexity index is 18.5. The first-order chi connectivity index (χ1) is 2.91. The zero-order valence-electron chi connectivity index (χ0n) is 4.62. The van der Waals surface area contributed by atoms with E-state index in [1.807, 2.05) is 0 Å². The predicted octanol–water partition coefficient (Wildman–Crippen LogP) is -2.28. The molecule has 0 N–H and O–H groups in total. The van der Waals surface area contributed by atoms with E-state index >= 15 is 0 Å². The van der Waals surface area contributed by atoms with Crippen LogP contribution < -0.4 is 0 Å². The minimum atomic E-state index is 0. The van der Waals surface area contributed by atoms with Crippen LogP contribution in [-0.4, -0.2) is 43.7 Å². The Morgan fingerprint density at radius 1 is 0.750 bits per heavy atom. The summed E-state index contributed by atoms with van der Waals surface area (Å²) in [6, 6.07) is 0. The fourth-order valence-electron chi connectivity index (χ4n) is 0.128. The van der Waals surface area contributed by atoms with Crippen molar-refractivity contribution in [1.82, 2.24) is 0 Å². The molecule has 0 aromatic rings. The van der Waals surface area contributed by atoms with Crippen molar-refractivity contribution in [3.63, 3.8) is 0 Å². The Balaban J connectivity index is -0.000000125. The molecule has 0 unspecified atom stereocenters. The van der Waals surface area contributed by atoms with Crippen LogP contribution in [-0.2, 0) is 0 Å². The van der Waals surface area contributed by atoms with E-state index in [-0.39, 0.29) is 71.2 Å². The first-order valence-electron chi connectivity index (χ1n) is 1.67. The molecule has 24 valence electrons. The summed E-state index contributed by atoms with van der Waals surface area (Å²) in [5.74, 6) is 0. The van der Waals surface area contributed by atoms with Crippen molar-refractivity contribution in [1.29, 1.82) is 0 Å². The van der Waals surface area contributed by atoms with E-state index < -0.39 is 0 Å². The SMILES string of the molecule is [B][B][B][B][B][B].[La].[La]. The van der Waals surface area contributed by atoms with Crippen molar-refractivity contribution in [3.8, 4) is 0 Å². The monoisotopic (exact) mass is 344 g/mol. The summed E-state index contributed by atoms with van der Waals surface area (Å²) in [5.41, 5.74) is 0. The van der Waals surface area contributed by atoms with Crippen molar-refractivity contribution in [2.75, 3.05) is 0 Å². The number of hydrogen-bond acceptors (Lipinski definition) is 0. The average Bonchev–Trinajstić information content (AvgIpc) is 1.61. The first kappa shape index (κ1) is 17.0. The third kappa shape index (κ3) is 15.9.